The normalized spacial score (nSPS) is 19.1. The molecule has 2 N–H and O–H groups in total. The van der Waals surface area contributed by atoms with Gasteiger partial charge in [0.25, 0.3) is 0 Å². The van der Waals surface area contributed by atoms with Gasteiger partial charge >= 0.3 is 0 Å². The number of nitrogens with two attached hydrogens (primary N) is 1. The van der Waals surface area contributed by atoms with Gasteiger partial charge in [-0.3, -0.25) is 4.90 Å². The largest absolute Gasteiger partial charge is 0.330 e. The second kappa shape index (κ2) is 4.25. The van der Waals surface area contributed by atoms with Gasteiger partial charge in [-0.15, -0.1) is 0 Å². The summed E-state index contributed by atoms with van der Waals surface area (Å²) in [4.78, 5) is 2.45. The van der Waals surface area contributed by atoms with Crippen LogP contribution < -0.4 is 5.73 Å². The molecule has 1 aliphatic carbocycles. The van der Waals surface area contributed by atoms with Crippen LogP contribution in [0.25, 0.3) is 0 Å². The molecule has 0 saturated heterocycles. The van der Waals surface area contributed by atoms with E-state index >= 15 is 0 Å². The van der Waals surface area contributed by atoms with Crippen LogP contribution in [0.3, 0.4) is 0 Å². The van der Waals surface area contributed by atoms with E-state index in [0.717, 1.165) is 26.2 Å². The predicted molar refractivity (Wildman–Crippen MR) is 57.6 cm³/mol. The van der Waals surface area contributed by atoms with E-state index in [-0.39, 0.29) is 0 Å². The Bertz CT molecular complexity index is 183. The van der Waals surface area contributed by atoms with Gasteiger partial charge in [0, 0.05) is 13.1 Å². The van der Waals surface area contributed by atoms with Crippen molar-refractivity contribution in [2.45, 2.75) is 26.7 Å². The maximum atomic E-state index is 5.75. The van der Waals surface area contributed by atoms with Crippen molar-refractivity contribution >= 4 is 0 Å². The molecule has 0 heterocycles. The van der Waals surface area contributed by atoms with Crippen LogP contribution in [0.2, 0.25) is 0 Å². The van der Waals surface area contributed by atoms with Gasteiger partial charge < -0.3 is 5.73 Å². The zero-order valence-corrected chi connectivity index (χ0v) is 8.97. The topological polar surface area (TPSA) is 29.3 Å². The molecule has 0 amide bonds. The lowest BCUT2D eigenvalue weighted by atomic mass is 10.1. The molecular weight excluding hydrogens is 160 g/mol. The van der Waals surface area contributed by atoms with Gasteiger partial charge in [-0.1, -0.05) is 19.1 Å². The molecule has 76 valence electrons. The van der Waals surface area contributed by atoms with Gasteiger partial charge in [0.15, 0.2) is 0 Å². The third-order valence-corrected chi connectivity index (χ3v) is 2.89. The summed E-state index contributed by atoms with van der Waals surface area (Å²) in [5, 5.41) is 0. The Balaban J connectivity index is 2.35. The van der Waals surface area contributed by atoms with Gasteiger partial charge in [0.2, 0.25) is 0 Å². The average molecular weight is 182 g/mol. The van der Waals surface area contributed by atoms with Crippen molar-refractivity contribution in [1.82, 2.24) is 4.90 Å². The summed E-state index contributed by atoms with van der Waals surface area (Å²) in [7, 11) is 0. The molecule has 2 nitrogen and oxygen atoms in total. The highest BCUT2D eigenvalue weighted by Crippen LogP contribution is 2.45. The van der Waals surface area contributed by atoms with Crippen molar-refractivity contribution < 1.29 is 0 Å². The first-order chi connectivity index (χ1) is 6.12. The molecule has 0 aromatic carbocycles. The van der Waals surface area contributed by atoms with Gasteiger partial charge in [-0.05, 0) is 38.3 Å². The Kier molecular flexibility index (Phi) is 3.51. The maximum absolute atomic E-state index is 5.75. The van der Waals surface area contributed by atoms with Crippen LogP contribution in [-0.2, 0) is 0 Å². The molecule has 1 aliphatic rings. The molecule has 0 aromatic rings. The molecule has 0 unspecified atom stereocenters. The number of hydrogen-bond acceptors (Lipinski definition) is 2. The molecule has 0 bridgehead atoms. The van der Waals surface area contributed by atoms with Crippen LogP contribution in [0.5, 0.6) is 0 Å². The fourth-order valence-electron chi connectivity index (χ4n) is 1.74. The van der Waals surface area contributed by atoms with E-state index in [2.05, 4.69) is 25.3 Å². The average Bonchev–Trinajstić information content (AvgIpc) is 2.84. The number of likely N-dealkylation sites (N-methyl/N-ethyl adjacent to an activating group) is 1. The summed E-state index contributed by atoms with van der Waals surface area (Å²) in [6.45, 7) is 12.4. The highest BCUT2D eigenvalue weighted by atomic mass is 15.1. The van der Waals surface area contributed by atoms with Crippen LogP contribution in [-0.4, -0.2) is 31.1 Å². The van der Waals surface area contributed by atoms with Gasteiger partial charge in [0.05, 0.1) is 0 Å². The van der Waals surface area contributed by atoms with Gasteiger partial charge in [0.1, 0.15) is 0 Å². The van der Waals surface area contributed by atoms with Crippen LogP contribution in [0.1, 0.15) is 26.7 Å². The number of rotatable bonds is 6. The monoisotopic (exact) mass is 182 g/mol. The summed E-state index contributed by atoms with van der Waals surface area (Å²) < 4.78 is 0. The minimum Gasteiger partial charge on any atom is -0.330 e. The standard InChI is InChI=1S/C11H22N2/c1-4-13(7-10(2)3)9-11(8-12)5-6-11/h2,4-9,12H2,1,3H3. The maximum Gasteiger partial charge on any atom is 0.0187 e. The smallest absolute Gasteiger partial charge is 0.0187 e. The number of nitrogens with zero attached hydrogens (tertiary/aromatic N) is 1. The molecular formula is C11H22N2. The van der Waals surface area contributed by atoms with E-state index in [9.17, 15) is 0 Å². The lowest BCUT2D eigenvalue weighted by Gasteiger charge is -2.25. The van der Waals surface area contributed by atoms with Gasteiger partial charge in [-0.25, -0.2) is 0 Å². The second-order valence-corrected chi connectivity index (χ2v) is 4.46. The highest BCUT2D eigenvalue weighted by Gasteiger charge is 2.42. The molecule has 2 heteroatoms. The van der Waals surface area contributed by atoms with Crippen molar-refractivity contribution in [1.29, 1.82) is 0 Å². The second-order valence-electron chi connectivity index (χ2n) is 4.46. The van der Waals surface area contributed by atoms with E-state index in [1.165, 1.54) is 18.4 Å². The first-order valence-electron chi connectivity index (χ1n) is 5.19. The predicted octanol–water partition coefficient (Wildman–Crippen LogP) is 1.62. The van der Waals surface area contributed by atoms with Crippen molar-refractivity contribution in [3.05, 3.63) is 12.2 Å². The van der Waals surface area contributed by atoms with Crippen LogP contribution in [0, 0.1) is 5.41 Å². The van der Waals surface area contributed by atoms with Gasteiger partial charge in [-0.2, -0.15) is 0 Å². The Morgan fingerprint density at radius 3 is 2.46 bits per heavy atom. The van der Waals surface area contributed by atoms with Crippen LogP contribution in [0.15, 0.2) is 12.2 Å². The Morgan fingerprint density at radius 1 is 1.54 bits per heavy atom. The molecule has 0 atom stereocenters. The third-order valence-electron chi connectivity index (χ3n) is 2.89. The van der Waals surface area contributed by atoms with Crippen molar-refractivity contribution in [3.63, 3.8) is 0 Å². The minimum atomic E-state index is 0.464. The lowest BCUT2D eigenvalue weighted by molar-refractivity contribution is 0.249. The van der Waals surface area contributed by atoms with Crippen molar-refractivity contribution in [3.8, 4) is 0 Å². The van der Waals surface area contributed by atoms with Crippen molar-refractivity contribution in [2.24, 2.45) is 11.1 Å². The summed E-state index contributed by atoms with van der Waals surface area (Å²) in [5.74, 6) is 0. The molecule has 0 radical (unpaired) electrons. The molecule has 0 aliphatic heterocycles. The van der Waals surface area contributed by atoms with Crippen LogP contribution in [0.4, 0.5) is 0 Å². The quantitative estimate of drug-likeness (QED) is 0.633. The lowest BCUT2D eigenvalue weighted by Crippen LogP contribution is -2.35. The van der Waals surface area contributed by atoms with Crippen LogP contribution >= 0.6 is 0 Å². The summed E-state index contributed by atoms with van der Waals surface area (Å²) in [6.07, 6.45) is 2.63. The SMILES string of the molecule is C=C(C)CN(CC)CC1(CN)CC1. The molecule has 1 rings (SSSR count). The minimum absolute atomic E-state index is 0.464. The number of hydrogen-bond donors (Lipinski definition) is 1. The van der Waals surface area contributed by atoms with E-state index in [1.54, 1.807) is 0 Å². The summed E-state index contributed by atoms with van der Waals surface area (Å²) >= 11 is 0. The Morgan fingerprint density at radius 2 is 2.15 bits per heavy atom. The fourth-order valence-corrected chi connectivity index (χ4v) is 1.74. The fraction of sp³-hybridized carbons (Fsp3) is 0.818. The zero-order valence-electron chi connectivity index (χ0n) is 8.97. The molecule has 13 heavy (non-hydrogen) atoms. The Hall–Kier alpha value is -0.340. The van der Waals surface area contributed by atoms with E-state index < -0.39 is 0 Å². The molecule has 0 spiro atoms. The van der Waals surface area contributed by atoms with E-state index in [1.807, 2.05) is 0 Å². The van der Waals surface area contributed by atoms with E-state index in [4.69, 9.17) is 5.73 Å². The molecule has 1 fully saturated rings. The van der Waals surface area contributed by atoms with E-state index in [0.29, 0.717) is 5.41 Å². The van der Waals surface area contributed by atoms with Crippen molar-refractivity contribution in [2.75, 3.05) is 26.2 Å². The Labute approximate surface area is 81.8 Å². The zero-order chi connectivity index (χ0) is 9.90. The summed E-state index contributed by atoms with van der Waals surface area (Å²) in [5.41, 5.74) is 7.46. The summed E-state index contributed by atoms with van der Waals surface area (Å²) in [6, 6.07) is 0. The molecule has 0 aromatic heterocycles. The molecule has 1 saturated carbocycles. The first kappa shape index (κ1) is 10.7. The first-order valence-corrected chi connectivity index (χ1v) is 5.19. The highest BCUT2D eigenvalue weighted by molar-refractivity contribution is 4.99. The third kappa shape index (κ3) is 3.12.